The first kappa shape index (κ1) is 26.3. The van der Waals surface area contributed by atoms with Crippen LogP contribution in [0.4, 0.5) is 5.95 Å². The number of thioether (sulfide) groups is 1. The van der Waals surface area contributed by atoms with E-state index in [4.69, 9.17) is 14.6 Å². The average Bonchev–Trinajstić information content (AvgIpc) is 3.33. The topological polar surface area (TPSA) is 98.6 Å². The largest absolute Gasteiger partial charge is 0.484 e. The van der Waals surface area contributed by atoms with Gasteiger partial charge in [-0.15, -0.1) is 5.10 Å². The van der Waals surface area contributed by atoms with Crippen LogP contribution in [0.5, 0.6) is 5.75 Å². The summed E-state index contributed by atoms with van der Waals surface area (Å²) in [7, 11) is 1.36. The van der Waals surface area contributed by atoms with E-state index in [0.717, 1.165) is 11.3 Å². The van der Waals surface area contributed by atoms with E-state index >= 15 is 0 Å². The standard InChI is InChI=1S/C27H31N5O4S/c1-5-31(6-2)22(33)16-36-21-14-12-20(13-15-21)24-23(25(34)35-4)18(3)28-26-29-27(30-32(24)26)37-17-19-10-8-7-9-11-19/h7-15,24H,5-6,16-17H2,1-4H3,(H,28,29,30). The third kappa shape index (κ3) is 5.96. The van der Waals surface area contributed by atoms with Gasteiger partial charge in [-0.05, 0) is 44.0 Å². The van der Waals surface area contributed by atoms with Gasteiger partial charge in [0.25, 0.3) is 5.91 Å². The zero-order valence-electron chi connectivity index (χ0n) is 21.4. The monoisotopic (exact) mass is 521 g/mol. The number of esters is 1. The highest BCUT2D eigenvalue weighted by Gasteiger charge is 2.35. The van der Waals surface area contributed by atoms with Crippen LogP contribution in [-0.4, -0.2) is 58.3 Å². The molecule has 1 unspecified atom stereocenters. The number of allylic oxidation sites excluding steroid dienone is 1. The number of hydrogen-bond acceptors (Lipinski definition) is 8. The van der Waals surface area contributed by atoms with Gasteiger partial charge in [0.15, 0.2) is 6.61 Å². The molecule has 1 amide bonds. The summed E-state index contributed by atoms with van der Waals surface area (Å²) in [6, 6.07) is 16.9. The molecular weight excluding hydrogens is 490 g/mol. The third-order valence-corrected chi connectivity index (χ3v) is 7.03. The van der Waals surface area contributed by atoms with Crippen molar-refractivity contribution in [3.63, 3.8) is 0 Å². The Labute approximate surface area is 220 Å². The van der Waals surface area contributed by atoms with Gasteiger partial charge in [-0.1, -0.05) is 54.2 Å². The minimum Gasteiger partial charge on any atom is -0.484 e. The van der Waals surface area contributed by atoms with Crippen LogP contribution in [0.3, 0.4) is 0 Å². The number of carbonyl (C=O) groups is 2. The van der Waals surface area contributed by atoms with E-state index in [2.05, 4.69) is 22.4 Å². The Morgan fingerprint density at radius 2 is 1.78 bits per heavy atom. The molecule has 10 heteroatoms. The quantitative estimate of drug-likeness (QED) is 0.312. The van der Waals surface area contributed by atoms with Gasteiger partial charge in [-0.25, -0.2) is 9.48 Å². The first-order chi connectivity index (χ1) is 17.9. The molecule has 3 aromatic rings. The number of rotatable bonds is 10. The summed E-state index contributed by atoms with van der Waals surface area (Å²) in [5.74, 6) is 1.34. The van der Waals surface area contributed by atoms with Gasteiger partial charge < -0.3 is 19.7 Å². The number of anilines is 1. The Kier molecular flexibility index (Phi) is 8.50. The number of carbonyl (C=O) groups excluding carboxylic acids is 2. The fraction of sp³-hybridized carbons (Fsp3) is 0.333. The van der Waals surface area contributed by atoms with Crippen molar-refractivity contribution in [1.82, 2.24) is 19.7 Å². The highest BCUT2D eigenvalue weighted by Crippen LogP contribution is 2.37. The molecule has 0 bridgehead atoms. The SMILES string of the molecule is CCN(CC)C(=O)COc1ccc(C2C(C(=O)OC)=C(C)Nc3nc(SCc4ccccc4)nn32)cc1. The van der Waals surface area contributed by atoms with Gasteiger partial charge in [0.2, 0.25) is 11.1 Å². The van der Waals surface area contributed by atoms with Gasteiger partial charge in [0.1, 0.15) is 11.8 Å². The summed E-state index contributed by atoms with van der Waals surface area (Å²) in [5.41, 5.74) is 3.09. The van der Waals surface area contributed by atoms with Crippen LogP contribution in [0.1, 0.15) is 37.9 Å². The van der Waals surface area contributed by atoms with Gasteiger partial charge in [0.05, 0.1) is 12.7 Å². The van der Waals surface area contributed by atoms with Crippen molar-refractivity contribution >= 4 is 29.6 Å². The van der Waals surface area contributed by atoms with Gasteiger partial charge >= 0.3 is 5.97 Å². The van der Waals surface area contributed by atoms with Crippen molar-refractivity contribution < 1.29 is 19.1 Å². The van der Waals surface area contributed by atoms with E-state index in [-0.39, 0.29) is 12.5 Å². The smallest absolute Gasteiger partial charge is 0.338 e. The van der Waals surface area contributed by atoms with Gasteiger partial charge in [-0.3, -0.25) is 4.79 Å². The van der Waals surface area contributed by atoms with Crippen molar-refractivity contribution in [2.45, 2.75) is 37.7 Å². The molecule has 0 aliphatic carbocycles. The zero-order valence-corrected chi connectivity index (χ0v) is 22.2. The Balaban J connectivity index is 1.58. The van der Waals surface area contributed by atoms with E-state index in [1.165, 1.54) is 24.4 Å². The summed E-state index contributed by atoms with van der Waals surface area (Å²) < 4.78 is 12.5. The predicted octanol–water partition coefficient (Wildman–Crippen LogP) is 4.28. The fourth-order valence-corrected chi connectivity index (χ4v) is 4.94. The molecule has 2 heterocycles. The first-order valence-corrected chi connectivity index (χ1v) is 13.1. The van der Waals surface area contributed by atoms with E-state index in [0.29, 0.717) is 41.2 Å². The molecule has 0 saturated carbocycles. The second-order valence-corrected chi connectivity index (χ2v) is 9.36. The van der Waals surface area contributed by atoms with Crippen molar-refractivity contribution in [2.75, 3.05) is 32.1 Å². The molecule has 0 radical (unpaired) electrons. The van der Waals surface area contributed by atoms with E-state index in [1.54, 1.807) is 21.7 Å². The molecule has 1 atom stereocenters. The van der Waals surface area contributed by atoms with Crippen molar-refractivity contribution in [1.29, 1.82) is 0 Å². The molecule has 0 spiro atoms. The zero-order chi connectivity index (χ0) is 26.4. The number of methoxy groups -OCH3 is 1. The average molecular weight is 522 g/mol. The van der Waals surface area contributed by atoms with Crippen LogP contribution >= 0.6 is 11.8 Å². The molecule has 2 aromatic carbocycles. The van der Waals surface area contributed by atoms with Gasteiger partial charge in [0, 0.05) is 24.5 Å². The van der Waals surface area contributed by atoms with E-state index < -0.39 is 12.0 Å². The van der Waals surface area contributed by atoms with Crippen LogP contribution in [0.25, 0.3) is 0 Å². The Hall–Kier alpha value is -3.79. The lowest BCUT2D eigenvalue weighted by molar-refractivity contribution is -0.136. The second kappa shape index (κ2) is 12.0. The maximum atomic E-state index is 12.8. The summed E-state index contributed by atoms with van der Waals surface area (Å²) >= 11 is 1.52. The molecule has 0 saturated heterocycles. The van der Waals surface area contributed by atoms with E-state index in [1.807, 2.05) is 51.1 Å². The molecule has 4 rings (SSSR count). The maximum Gasteiger partial charge on any atom is 0.338 e. The number of aromatic nitrogens is 3. The molecule has 37 heavy (non-hydrogen) atoms. The molecule has 9 nitrogen and oxygen atoms in total. The Morgan fingerprint density at radius 1 is 1.08 bits per heavy atom. The molecular formula is C27H31N5O4S. The summed E-state index contributed by atoms with van der Waals surface area (Å²) in [6.07, 6.45) is 0. The number of amides is 1. The first-order valence-electron chi connectivity index (χ1n) is 12.1. The lowest BCUT2D eigenvalue weighted by Gasteiger charge is -2.27. The number of nitrogens with one attached hydrogen (secondary N) is 1. The van der Waals surface area contributed by atoms with Crippen molar-refractivity contribution in [3.8, 4) is 5.75 Å². The minimum absolute atomic E-state index is 0.0317. The lowest BCUT2D eigenvalue weighted by atomic mass is 9.96. The van der Waals surface area contributed by atoms with Gasteiger partial charge in [-0.2, -0.15) is 4.98 Å². The Bertz CT molecular complexity index is 1270. The van der Waals surface area contributed by atoms with Crippen molar-refractivity contribution in [3.05, 3.63) is 77.0 Å². The fourth-order valence-electron chi connectivity index (χ4n) is 4.16. The lowest BCUT2D eigenvalue weighted by Crippen LogP contribution is -2.34. The molecule has 1 aliphatic heterocycles. The maximum absolute atomic E-state index is 12.8. The summed E-state index contributed by atoms with van der Waals surface area (Å²) in [5, 5.41) is 8.53. The van der Waals surface area contributed by atoms with Crippen LogP contribution in [-0.2, 0) is 20.1 Å². The normalized spacial score (nSPS) is 14.5. The van der Waals surface area contributed by atoms with Crippen molar-refractivity contribution in [2.24, 2.45) is 0 Å². The van der Waals surface area contributed by atoms with Crippen LogP contribution in [0, 0.1) is 0 Å². The highest BCUT2D eigenvalue weighted by molar-refractivity contribution is 7.98. The number of benzene rings is 2. The number of hydrogen-bond donors (Lipinski definition) is 1. The summed E-state index contributed by atoms with van der Waals surface area (Å²) in [6.45, 7) is 6.95. The van der Waals surface area contributed by atoms with Crippen LogP contribution < -0.4 is 10.1 Å². The molecule has 0 fully saturated rings. The minimum atomic E-state index is -0.534. The number of nitrogens with zero attached hydrogens (tertiary/aromatic N) is 4. The molecule has 194 valence electrons. The highest BCUT2D eigenvalue weighted by atomic mass is 32.2. The second-order valence-electron chi connectivity index (χ2n) is 8.42. The van der Waals surface area contributed by atoms with Crippen LogP contribution in [0.15, 0.2) is 71.0 Å². The predicted molar refractivity (Wildman–Crippen MR) is 142 cm³/mol. The molecule has 1 aliphatic rings. The number of ether oxygens (including phenoxy) is 2. The Morgan fingerprint density at radius 3 is 2.43 bits per heavy atom. The van der Waals surface area contributed by atoms with E-state index in [9.17, 15) is 9.59 Å². The molecule has 1 aromatic heterocycles. The number of likely N-dealkylation sites (N-methyl/N-ethyl adjacent to an activating group) is 1. The van der Waals surface area contributed by atoms with Crippen LogP contribution in [0.2, 0.25) is 0 Å². The summed E-state index contributed by atoms with van der Waals surface area (Å²) in [4.78, 5) is 31.5. The number of fused-ring (bicyclic) bond motifs is 1. The molecule has 1 N–H and O–H groups in total. The third-order valence-electron chi connectivity index (χ3n) is 6.12.